The molecule has 1 aliphatic rings. The molecule has 4 rings (SSSR count). The molecule has 0 radical (unpaired) electrons. The molecule has 25 heavy (non-hydrogen) atoms. The average molecular weight is 358 g/mol. The summed E-state index contributed by atoms with van der Waals surface area (Å²) in [6.45, 7) is 2.48. The van der Waals surface area contributed by atoms with Crippen LogP contribution in [0.2, 0.25) is 5.02 Å². The minimum Gasteiger partial charge on any atom is -0.451 e. The molecule has 1 fully saturated rings. The van der Waals surface area contributed by atoms with Crippen LogP contribution >= 0.6 is 11.6 Å². The van der Waals surface area contributed by atoms with E-state index >= 15 is 0 Å². The summed E-state index contributed by atoms with van der Waals surface area (Å²) in [4.78, 5) is 14.7. The fraction of sp³-hybridized carbons (Fsp3) is 0.278. The Kier molecular flexibility index (Phi) is 4.05. The van der Waals surface area contributed by atoms with Crippen LogP contribution in [0.4, 0.5) is 0 Å². The van der Waals surface area contributed by atoms with Crippen LogP contribution in [-0.4, -0.2) is 27.7 Å². The van der Waals surface area contributed by atoms with Crippen LogP contribution in [0.1, 0.15) is 40.8 Å². The number of rotatable bonds is 3. The van der Waals surface area contributed by atoms with Crippen molar-refractivity contribution < 1.29 is 13.8 Å². The highest BCUT2D eigenvalue weighted by atomic mass is 35.5. The van der Waals surface area contributed by atoms with Crippen molar-refractivity contribution >= 4 is 17.5 Å². The lowest BCUT2D eigenvalue weighted by Crippen LogP contribution is -2.30. The molecule has 0 spiro atoms. The zero-order chi connectivity index (χ0) is 17.4. The van der Waals surface area contributed by atoms with Crippen molar-refractivity contribution in [1.29, 1.82) is 0 Å². The van der Waals surface area contributed by atoms with E-state index in [9.17, 15) is 4.79 Å². The van der Waals surface area contributed by atoms with E-state index in [-0.39, 0.29) is 17.7 Å². The topological polar surface area (TPSA) is 72.4 Å². The molecule has 3 heterocycles. The molecule has 7 heteroatoms. The quantitative estimate of drug-likeness (QED) is 0.700. The molecule has 1 amide bonds. The first-order valence-electron chi connectivity index (χ1n) is 8.10. The van der Waals surface area contributed by atoms with Gasteiger partial charge in [-0.3, -0.25) is 4.79 Å². The Morgan fingerprint density at radius 3 is 2.84 bits per heavy atom. The van der Waals surface area contributed by atoms with Crippen molar-refractivity contribution in [3.8, 4) is 11.3 Å². The minimum atomic E-state index is -0.164. The van der Waals surface area contributed by atoms with E-state index in [2.05, 4.69) is 10.3 Å². The number of benzene rings is 1. The first-order valence-corrected chi connectivity index (χ1v) is 8.47. The molecule has 1 aliphatic heterocycles. The van der Waals surface area contributed by atoms with E-state index in [1.165, 1.54) is 0 Å². The fourth-order valence-electron chi connectivity index (χ4n) is 3.23. The van der Waals surface area contributed by atoms with Gasteiger partial charge in [-0.2, -0.15) is 0 Å². The van der Waals surface area contributed by atoms with E-state index < -0.39 is 0 Å². The molecule has 1 saturated heterocycles. The van der Waals surface area contributed by atoms with E-state index in [0.717, 1.165) is 18.4 Å². The van der Waals surface area contributed by atoms with Crippen LogP contribution in [0.25, 0.3) is 11.3 Å². The van der Waals surface area contributed by atoms with E-state index in [1.54, 1.807) is 23.1 Å². The van der Waals surface area contributed by atoms with Gasteiger partial charge in [-0.05, 0) is 44.0 Å². The van der Waals surface area contributed by atoms with Gasteiger partial charge < -0.3 is 9.32 Å². The number of aromatic nitrogens is 2. The lowest BCUT2D eigenvalue weighted by Gasteiger charge is -2.22. The van der Waals surface area contributed by atoms with Gasteiger partial charge in [0.25, 0.3) is 5.91 Å². The summed E-state index contributed by atoms with van der Waals surface area (Å²) in [6, 6.07) is 10.7. The van der Waals surface area contributed by atoms with Crippen LogP contribution in [0.3, 0.4) is 0 Å². The zero-order valence-electron chi connectivity index (χ0n) is 13.6. The SMILES string of the molecule is Cc1nonc1[C@H]1CCCN1C(=O)c1ccc(-c2ccccc2Cl)o1. The number of hydrogen-bond acceptors (Lipinski definition) is 5. The van der Waals surface area contributed by atoms with Gasteiger partial charge in [0, 0.05) is 12.1 Å². The van der Waals surface area contributed by atoms with Crippen LogP contribution in [-0.2, 0) is 0 Å². The predicted molar refractivity (Wildman–Crippen MR) is 91.2 cm³/mol. The number of hydrogen-bond donors (Lipinski definition) is 0. The number of nitrogens with zero attached hydrogens (tertiary/aromatic N) is 3. The van der Waals surface area contributed by atoms with Crippen LogP contribution in [0.15, 0.2) is 45.4 Å². The second kappa shape index (κ2) is 6.37. The molecule has 0 bridgehead atoms. The number of halogens is 1. The van der Waals surface area contributed by atoms with Gasteiger partial charge in [-0.25, -0.2) is 4.63 Å². The smallest absolute Gasteiger partial charge is 0.290 e. The third kappa shape index (κ3) is 2.82. The van der Waals surface area contributed by atoms with Crippen molar-refractivity contribution in [2.24, 2.45) is 0 Å². The molecule has 1 aromatic carbocycles. The maximum atomic E-state index is 12.9. The Hall–Kier alpha value is -2.60. The predicted octanol–water partition coefficient (Wildman–Crippen LogP) is 4.27. The summed E-state index contributed by atoms with van der Waals surface area (Å²) in [5, 5.41) is 8.36. The fourth-order valence-corrected chi connectivity index (χ4v) is 3.46. The third-order valence-corrected chi connectivity index (χ3v) is 4.80. The third-order valence-electron chi connectivity index (χ3n) is 4.47. The Labute approximate surface area is 149 Å². The maximum absolute atomic E-state index is 12.9. The standard InChI is InChI=1S/C18H16ClN3O3/c1-11-17(21-25-20-11)14-7-4-10-22(14)18(23)16-9-8-15(24-16)12-5-2-3-6-13(12)19/h2-3,5-6,8-9,14H,4,7,10H2,1H3/t14-/m1/s1. The largest absolute Gasteiger partial charge is 0.451 e. The summed E-state index contributed by atoms with van der Waals surface area (Å²) in [5.74, 6) is 0.697. The highest BCUT2D eigenvalue weighted by molar-refractivity contribution is 6.33. The molecule has 3 aromatic rings. The van der Waals surface area contributed by atoms with Gasteiger partial charge in [-0.1, -0.05) is 34.0 Å². The maximum Gasteiger partial charge on any atom is 0.290 e. The molecule has 128 valence electrons. The molecule has 0 aliphatic carbocycles. The molecule has 0 saturated carbocycles. The number of carbonyl (C=O) groups is 1. The number of furan rings is 1. The second-order valence-corrected chi connectivity index (χ2v) is 6.44. The van der Waals surface area contributed by atoms with Gasteiger partial charge in [0.15, 0.2) is 5.76 Å². The highest BCUT2D eigenvalue weighted by Gasteiger charge is 2.35. The van der Waals surface area contributed by atoms with Gasteiger partial charge in [-0.15, -0.1) is 0 Å². The van der Waals surface area contributed by atoms with Crippen LogP contribution in [0.5, 0.6) is 0 Å². The van der Waals surface area contributed by atoms with Crippen molar-refractivity contribution in [2.45, 2.75) is 25.8 Å². The van der Waals surface area contributed by atoms with Crippen molar-refractivity contribution in [1.82, 2.24) is 15.2 Å². The molecule has 0 N–H and O–H groups in total. The second-order valence-electron chi connectivity index (χ2n) is 6.04. The van der Waals surface area contributed by atoms with Gasteiger partial charge in [0.1, 0.15) is 17.1 Å². The number of amides is 1. The molecule has 0 unspecified atom stereocenters. The molecular formula is C18H16ClN3O3. The Morgan fingerprint density at radius 2 is 2.08 bits per heavy atom. The van der Waals surface area contributed by atoms with E-state index in [0.29, 0.717) is 28.7 Å². The first-order chi connectivity index (χ1) is 12.1. The van der Waals surface area contributed by atoms with Crippen molar-refractivity contribution in [3.05, 3.63) is 58.6 Å². The Balaban J connectivity index is 1.61. The zero-order valence-corrected chi connectivity index (χ0v) is 14.4. The Morgan fingerprint density at radius 1 is 1.24 bits per heavy atom. The average Bonchev–Trinajstić information content (AvgIpc) is 3.34. The lowest BCUT2D eigenvalue weighted by atomic mass is 10.1. The summed E-state index contributed by atoms with van der Waals surface area (Å²) in [5.41, 5.74) is 2.18. The molecule has 1 atom stereocenters. The monoisotopic (exact) mass is 357 g/mol. The normalized spacial score (nSPS) is 17.2. The molecule has 6 nitrogen and oxygen atoms in total. The van der Waals surface area contributed by atoms with Crippen LogP contribution < -0.4 is 0 Å². The van der Waals surface area contributed by atoms with Crippen molar-refractivity contribution in [2.75, 3.05) is 6.54 Å². The highest BCUT2D eigenvalue weighted by Crippen LogP contribution is 2.35. The summed E-state index contributed by atoms with van der Waals surface area (Å²) >= 11 is 6.20. The van der Waals surface area contributed by atoms with Crippen LogP contribution in [0, 0.1) is 6.92 Å². The molecular weight excluding hydrogens is 342 g/mol. The van der Waals surface area contributed by atoms with Gasteiger partial charge in [0.2, 0.25) is 0 Å². The number of aryl methyl sites for hydroxylation is 1. The Bertz CT molecular complexity index is 918. The van der Waals surface area contributed by atoms with E-state index in [1.807, 2.05) is 25.1 Å². The first kappa shape index (κ1) is 15.9. The minimum absolute atomic E-state index is 0.132. The van der Waals surface area contributed by atoms with E-state index in [4.69, 9.17) is 20.6 Å². The number of likely N-dealkylation sites (tertiary alicyclic amines) is 1. The van der Waals surface area contributed by atoms with Gasteiger partial charge in [0.05, 0.1) is 11.1 Å². The molecule has 2 aromatic heterocycles. The van der Waals surface area contributed by atoms with Gasteiger partial charge >= 0.3 is 0 Å². The summed E-state index contributed by atoms with van der Waals surface area (Å²) < 4.78 is 10.6. The summed E-state index contributed by atoms with van der Waals surface area (Å²) in [6.07, 6.45) is 1.74. The summed E-state index contributed by atoms with van der Waals surface area (Å²) in [7, 11) is 0. The lowest BCUT2D eigenvalue weighted by molar-refractivity contribution is 0.0699. The number of carbonyl (C=O) groups excluding carboxylic acids is 1. The van der Waals surface area contributed by atoms with Crippen molar-refractivity contribution in [3.63, 3.8) is 0 Å².